The van der Waals surface area contributed by atoms with Crippen LogP contribution in [0.2, 0.25) is 0 Å². The van der Waals surface area contributed by atoms with Crippen LogP contribution in [0, 0.1) is 41.5 Å². The van der Waals surface area contributed by atoms with Gasteiger partial charge in [-0.05, 0) is 122 Å². The van der Waals surface area contributed by atoms with E-state index in [9.17, 15) is 9.90 Å². The lowest BCUT2D eigenvalue weighted by atomic mass is 10.0. The van der Waals surface area contributed by atoms with Crippen LogP contribution in [0.3, 0.4) is 0 Å². The molecule has 220 valence electrons. The van der Waals surface area contributed by atoms with Gasteiger partial charge in [0.1, 0.15) is 34.5 Å². The number of hydrogen-bond donors (Lipinski definition) is 1. The number of hydrogen-bond acceptors (Lipinski definition) is 7. The van der Waals surface area contributed by atoms with E-state index in [1.54, 1.807) is 0 Å². The molecule has 0 heterocycles. The molecule has 0 aliphatic carbocycles. The van der Waals surface area contributed by atoms with Gasteiger partial charge in [-0.25, -0.2) is 0 Å². The first-order valence-corrected chi connectivity index (χ1v) is 13.8. The van der Waals surface area contributed by atoms with Crippen LogP contribution >= 0.6 is 0 Å². The largest absolute Gasteiger partial charge is 0.469 e. The molecule has 0 aliphatic heterocycles. The van der Waals surface area contributed by atoms with Crippen molar-refractivity contribution in [1.29, 1.82) is 0 Å². The minimum absolute atomic E-state index is 0.00125. The Balaban J connectivity index is 1.36. The lowest BCUT2D eigenvalue weighted by Gasteiger charge is -2.16. The molecule has 0 bridgehead atoms. The summed E-state index contributed by atoms with van der Waals surface area (Å²) < 4.78 is 29.0. The third kappa shape index (κ3) is 7.42. The molecule has 4 aromatic rings. The van der Waals surface area contributed by atoms with Crippen molar-refractivity contribution in [3.05, 3.63) is 105 Å². The first kappa shape index (κ1) is 30.5. The molecule has 0 saturated carbocycles. The molecule has 7 heteroatoms. The molecule has 4 aromatic carbocycles. The van der Waals surface area contributed by atoms with E-state index in [1.807, 2.05) is 102 Å². The maximum Gasteiger partial charge on any atom is 0.309 e. The highest BCUT2D eigenvalue weighted by atomic mass is 16.7. The van der Waals surface area contributed by atoms with Crippen LogP contribution in [0.5, 0.6) is 34.5 Å². The van der Waals surface area contributed by atoms with Crippen LogP contribution in [-0.2, 0) is 22.6 Å². The summed E-state index contributed by atoms with van der Waals surface area (Å²) in [5.41, 5.74) is 7.40. The monoisotopic (exact) mass is 570 g/mol. The van der Waals surface area contributed by atoms with Crippen molar-refractivity contribution < 1.29 is 33.6 Å². The molecule has 0 amide bonds. The molecule has 7 nitrogen and oxygen atoms in total. The molecule has 0 radical (unpaired) electrons. The van der Waals surface area contributed by atoms with Gasteiger partial charge >= 0.3 is 5.97 Å². The molecule has 0 fully saturated rings. The Morgan fingerprint density at radius 1 is 0.619 bits per heavy atom. The highest BCUT2D eigenvalue weighted by Crippen LogP contribution is 2.34. The number of ether oxygens (including phenoxy) is 5. The Hall–Kier alpha value is -4.49. The highest BCUT2D eigenvalue weighted by molar-refractivity contribution is 5.72. The Morgan fingerprint density at radius 3 is 1.43 bits per heavy atom. The first-order chi connectivity index (χ1) is 20.1. The summed E-state index contributed by atoms with van der Waals surface area (Å²) in [5.74, 6) is 4.06. The molecule has 0 unspecified atom stereocenters. The minimum Gasteiger partial charge on any atom is -0.469 e. The van der Waals surface area contributed by atoms with E-state index in [4.69, 9.17) is 23.7 Å². The fourth-order valence-electron chi connectivity index (χ4n) is 4.92. The number of benzene rings is 4. The zero-order valence-electron chi connectivity index (χ0n) is 25.3. The molecule has 0 aliphatic rings. The zero-order valence-corrected chi connectivity index (χ0v) is 25.3. The van der Waals surface area contributed by atoms with Crippen LogP contribution in [0.1, 0.15) is 44.5 Å². The van der Waals surface area contributed by atoms with Gasteiger partial charge in [-0.3, -0.25) is 4.79 Å². The molecule has 1 N–H and O–H groups in total. The summed E-state index contributed by atoms with van der Waals surface area (Å²) in [5, 5.41) is 9.43. The maximum absolute atomic E-state index is 11.6. The number of aliphatic hydroxyl groups excluding tert-OH is 1. The summed E-state index contributed by atoms with van der Waals surface area (Å²) in [6.07, 6.45) is 0.225. The summed E-state index contributed by atoms with van der Waals surface area (Å²) in [7, 11) is 1.39. The summed E-state index contributed by atoms with van der Waals surface area (Å²) >= 11 is 0. The average molecular weight is 571 g/mol. The number of carbonyl (C=O) groups excluding carboxylic acids is 1. The summed E-state index contributed by atoms with van der Waals surface area (Å²) in [6, 6.07) is 19.0. The molecule has 0 atom stereocenters. The van der Waals surface area contributed by atoms with E-state index in [0.717, 1.165) is 56.0 Å². The minimum atomic E-state index is -0.273. The number of esters is 1. The topological polar surface area (TPSA) is 83.5 Å². The summed E-state index contributed by atoms with van der Waals surface area (Å²) in [6.45, 7) is 11.8. The van der Waals surface area contributed by atoms with Gasteiger partial charge < -0.3 is 28.8 Å². The van der Waals surface area contributed by atoms with Gasteiger partial charge in [0.15, 0.2) is 0 Å². The molecule has 42 heavy (non-hydrogen) atoms. The van der Waals surface area contributed by atoms with Crippen molar-refractivity contribution >= 4 is 5.97 Å². The van der Waals surface area contributed by atoms with Crippen LogP contribution in [0.25, 0.3) is 0 Å². The first-order valence-electron chi connectivity index (χ1n) is 13.8. The molecule has 0 spiro atoms. The molecule has 0 saturated heterocycles. The maximum atomic E-state index is 11.6. The predicted octanol–water partition coefficient (Wildman–Crippen LogP) is 7.74. The fraction of sp³-hybridized carbons (Fsp3) is 0.286. The van der Waals surface area contributed by atoms with Crippen LogP contribution in [-0.4, -0.2) is 25.0 Å². The summed E-state index contributed by atoms with van der Waals surface area (Å²) in [4.78, 5) is 11.6. The predicted molar refractivity (Wildman–Crippen MR) is 162 cm³/mol. The van der Waals surface area contributed by atoms with Gasteiger partial charge in [-0.15, -0.1) is 0 Å². The van der Waals surface area contributed by atoms with Crippen LogP contribution < -0.4 is 18.9 Å². The Bertz CT molecular complexity index is 1540. The standard InChI is InChI=1S/C35H38O7/c1-21-16-29(41-34-23(3)12-27(13-24(34)4)18-33(37)38-7)8-10-31(21)39-20-40-32-11-9-30(17-22(32)2)42-35-25(5)14-28(19-36)15-26(35)6/h8-17,36H,18-20H2,1-7H3. The van der Waals surface area contributed by atoms with Crippen molar-refractivity contribution in [3.8, 4) is 34.5 Å². The third-order valence-electron chi connectivity index (χ3n) is 6.96. The Kier molecular flexibility index (Phi) is 9.76. The van der Waals surface area contributed by atoms with E-state index in [0.29, 0.717) is 23.0 Å². The average Bonchev–Trinajstić information content (AvgIpc) is 2.94. The molecular formula is C35H38O7. The molecule has 0 aromatic heterocycles. The van der Waals surface area contributed by atoms with Gasteiger partial charge in [0.2, 0.25) is 6.79 Å². The van der Waals surface area contributed by atoms with Crippen molar-refractivity contribution in [2.75, 3.05) is 13.9 Å². The lowest BCUT2D eigenvalue weighted by Crippen LogP contribution is -2.07. The Morgan fingerprint density at radius 2 is 1.05 bits per heavy atom. The Labute approximate surface area is 247 Å². The van der Waals surface area contributed by atoms with Gasteiger partial charge in [-0.2, -0.15) is 0 Å². The second-order valence-corrected chi connectivity index (χ2v) is 10.5. The SMILES string of the molecule is COC(=O)Cc1cc(C)c(Oc2ccc(OCOc3ccc(Oc4c(C)cc(CO)cc4C)cc3C)c(C)c2)c(C)c1. The van der Waals surface area contributed by atoms with E-state index in [-0.39, 0.29) is 25.8 Å². The number of methoxy groups -OCH3 is 1. The molecular weight excluding hydrogens is 532 g/mol. The van der Waals surface area contributed by atoms with Crippen molar-refractivity contribution in [2.24, 2.45) is 0 Å². The van der Waals surface area contributed by atoms with Gasteiger partial charge in [0.25, 0.3) is 0 Å². The third-order valence-corrected chi connectivity index (χ3v) is 6.96. The van der Waals surface area contributed by atoms with Crippen molar-refractivity contribution in [1.82, 2.24) is 0 Å². The smallest absolute Gasteiger partial charge is 0.309 e. The van der Waals surface area contributed by atoms with E-state index >= 15 is 0 Å². The van der Waals surface area contributed by atoms with Gasteiger partial charge in [0, 0.05) is 0 Å². The number of aryl methyl sites for hydroxylation is 6. The highest BCUT2D eigenvalue weighted by Gasteiger charge is 2.13. The lowest BCUT2D eigenvalue weighted by molar-refractivity contribution is -0.139. The number of carbonyl (C=O) groups is 1. The number of rotatable bonds is 11. The zero-order chi connectivity index (χ0) is 30.4. The van der Waals surface area contributed by atoms with E-state index in [2.05, 4.69) is 0 Å². The van der Waals surface area contributed by atoms with Crippen molar-refractivity contribution in [3.63, 3.8) is 0 Å². The van der Waals surface area contributed by atoms with Crippen molar-refractivity contribution in [2.45, 2.75) is 54.6 Å². The normalized spacial score (nSPS) is 10.8. The van der Waals surface area contributed by atoms with E-state index in [1.165, 1.54) is 7.11 Å². The second-order valence-electron chi connectivity index (χ2n) is 10.5. The van der Waals surface area contributed by atoms with Gasteiger partial charge in [0.05, 0.1) is 20.1 Å². The second kappa shape index (κ2) is 13.4. The fourth-order valence-corrected chi connectivity index (χ4v) is 4.92. The number of aliphatic hydroxyl groups is 1. The van der Waals surface area contributed by atoms with E-state index < -0.39 is 0 Å². The van der Waals surface area contributed by atoms with Gasteiger partial charge in [-0.1, -0.05) is 24.3 Å². The van der Waals surface area contributed by atoms with Crippen LogP contribution in [0.15, 0.2) is 60.7 Å². The quantitative estimate of drug-likeness (QED) is 0.146. The molecule has 4 rings (SSSR count). The van der Waals surface area contributed by atoms with Crippen LogP contribution in [0.4, 0.5) is 0 Å².